The molecule has 1 heterocycles. The highest BCUT2D eigenvalue weighted by Crippen LogP contribution is 2.25. The summed E-state index contributed by atoms with van der Waals surface area (Å²) in [5.74, 6) is -1.49. The first kappa shape index (κ1) is 25.0. The number of amides is 4. The summed E-state index contributed by atoms with van der Waals surface area (Å²) in [6.07, 6.45) is 4.61. The lowest BCUT2D eigenvalue weighted by Gasteiger charge is -2.22. The Hall–Kier alpha value is -3.29. The summed E-state index contributed by atoms with van der Waals surface area (Å²) in [4.78, 5) is 60.5. The molecule has 0 fully saturated rings. The second kappa shape index (κ2) is 11.4. The van der Waals surface area contributed by atoms with Crippen LogP contribution < -0.4 is 10.6 Å². The van der Waals surface area contributed by atoms with Gasteiger partial charge in [0.05, 0.1) is 13.1 Å². The molecule has 0 radical (unpaired) electrons. The Bertz CT molecular complexity index is 896. The van der Waals surface area contributed by atoms with Crippen LogP contribution in [0.5, 0.6) is 0 Å². The molecule has 0 atom stereocenters. The lowest BCUT2D eigenvalue weighted by molar-refractivity contribution is -0.137. The van der Waals surface area contributed by atoms with Crippen LogP contribution in [0.15, 0.2) is 36.4 Å². The molecular formula is C24H31N3O5. The van der Waals surface area contributed by atoms with Gasteiger partial charge < -0.3 is 10.6 Å². The normalized spacial score (nSPS) is 13.4. The number of carbonyl (C=O) groups is 5. The van der Waals surface area contributed by atoms with E-state index >= 15 is 0 Å². The van der Waals surface area contributed by atoms with Crippen LogP contribution in [0, 0.1) is 0 Å². The molecule has 0 aromatic heterocycles. The molecule has 8 nitrogen and oxygen atoms in total. The van der Waals surface area contributed by atoms with Crippen molar-refractivity contribution in [3.05, 3.63) is 47.5 Å². The minimum absolute atomic E-state index is 0.134. The van der Waals surface area contributed by atoms with E-state index in [2.05, 4.69) is 10.6 Å². The molecule has 172 valence electrons. The number of benzene rings is 1. The smallest absolute Gasteiger partial charge is 0.253 e. The van der Waals surface area contributed by atoms with E-state index in [1.54, 1.807) is 12.1 Å². The zero-order valence-corrected chi connectivity index (χ0v) is 18.9. The zero-order valence-electron chi connectivity index (χ0n) is 18.9. The van der Waals surface area contributed by atoms with Gasteiger partial charge in [-0.3, -0.25) is 28.9 Å². The average molecular weight is 442 g/mol. The summed E-state index contributed by atoms with van der Waals surface area (Å²) in [6, 6.07) is 7.34. The maximum atomic E-state index is 12.5. The highest BCUT2D eigenvalue weighted by Gasteiger charge is 2.22. The highest BCUT2D eigenvalue weighted by molar-refractivity contribution is 6.12. The monoisotopic (exact) mass is 441 g/mol. The number of hydrogen-bond acceptors (Lipinski definition) is 5. The molecule has 2 N–H and O–H groups in total. The van der Waals surface area contributed by atoms with Gasteiger partial charge in [-0.05, 0) is 23.8 Å². The number of Topliss-reactive ketones (excluding diaryl/α,β-unsaturated/α-hetero) is 1. The van der Waals surface area contributed by atoms with Gasteiger partial charge in [-0.1, -0.05) is 51.5 Å². The Morgan fingerprint density at radius 1 is 0.844 bits per heavy atom. The summed E-state index contributed by atoms with van der Waals surface area (Å²) >= 11 is 0. The van der Waals surface area contributed by atoms with Gasteiger partial charge in [-0.2, -0.15) is 0 Å². The molecular weight excluding hydrogens is 410 g/mol. The van der Waals surface area contributed by atoms with Crippen LogP contribution in [0.1, 0.15) is 62.4 Å². The number of unbranched alkanes of at least 4 members (excludes halogenated alkanes) is 2. The molecule has 0 aliphatic carbocycles. The fourth-order valence-electron chi connectivity index (χ4n) is 3.37. The second-order valence-electron chi connectivity index (χ2n) is 8.74. The lowest BCUT2D eigenvalue weighted by Crippen LogP contribution is -2.39. The Morgan fingerprint density at radius 2 is 1.47 bits per heavy atom. The quantitative estimate of drug-likeness (QED) is 0.309. The maximum absolute atomic E-state index is 12.5. The standard InChI is InChI=1S/C24H31N3O5/c1-24(2,3)18-10-7-6-9-17(18)19(28)15-25-21(30)16-26-20(29)11-5-4-8-14-27-22(31)12-13-23(27)32/h6-7,9-10,12-13H,4-5,8,11,14-16H2,1-3H3,(H,25,30)(H,26,29). The average Bonchev–Trinajstić information content (AvgIpc) is 3.07. The number of hydrogen-bond donors (Lipinski definition) is 2. The zero-order chi connectivity index (χ0) is 23.7. The van der Waals surface area contributed by atoms with Gasteiger partial charge in [0, 0.05) is 30.7 Å². The molecule has 1 aromatic carbocycles. The van der Waals surface area contributed by atoms with E-state index in [-0.39, 0.29) is 48.4 Å². The number of imide groups is 1. The molecule has 32 heavy (non-hydrogen) atoms. The van der Waals surface area contributed by atoms with Crippen LogP contribution in [0.25, 0.3) is 0 Å². The SMILES string of the molecule is CC(C)(C)c1ccccc1C(=O)CNC(=O)CNC(=O)CCCCCN1C(=O)C=CC1=O. The molecule has 4 amide bonds. The predicted molar refractivity (Wildman–Crippen MR) is 120 cm³/mol. The topological polar surface area (TPSA) is 113 Å². The number of carbonyl (C=O) groups excluding carboxylic acids is 5. The summed E-state index contributed by atoms with van der Waals surface area (Å²) in [6.45, 7) is 6.07. The van der Waals surface area contributed by atoms with E-state index < -0.39 is 5.91 Å². The number of rotatable bonds is 11. The van der Waals surface area contributed by atoms with E-state index in [1.807, 2.05) is 32.9 Å². The van der Waals surface area contributed by atoms with Gasteiger partial charge in [0.1, 0.15) is 0 Å². The first-order valence-electron chi connectivity index (χ1n) is 10.8. The summed E-state index contributed by atoms with van der Waals surface area (Å²) in [5.41, 5.74) is 1.31. The second-order valence-corrected chi connectivity index (χ2v) is 8.74. The van der Waals surface area contributed by atoms with E-state index in [0.29, 0.717) is 31.4 Å². The molecule has 0 unspecified atom stereocenters. The van der Waals surface area contributed by atoms with E-state index in [1.165, 1.54) is 17.1 Å². The van der Waals surface area contributed by atoms with Gasteiger partial charge in [0.25, 0.3) is 11.8 Å². The first-order valence-corrected chi connectivity index (χ1v) is 10.8. The minimum Gasteiger partial charge on any atom is -0.347 e. The van der Waals surface area contributed by atoms with Gasteiger partial charge >= 0.3 is 0 Å². The maximum Gasteiger partial charge on any atom is 0.253 e. The van der Waals surface area contributed by atoms with Crippen LogP contribution in [0.3, 0.4) is 0 Å². The fourth-order valence-corrected chi connectivity index (χ4v) is 3.37. The molecule has 0 spiro atoms. The van der Waals surface area contributed by atoms with Crippen molar-refractivity contribution in [2.45, 2.75) is 51.9 Å². The van der Waals surface area contributed by atoms with Gasteiger partial charge in [-0.25, -0.2) is 0 Å². The van der Waals surface area contributed by atoms with Crippen LogP contribution >= 0.6 is 0 Å². The molecule has 0 saturated heterocycles. The van der Waals surface area contributed by atoms with Crippen molar-refractivity contribution in [2.24, 2.45) is 0 Å². The van der Waals surface area contributed by atoms with Gasteiger partial charge in [0.2, 0.25) is 11.8 Å². The fraction of sp³-hybridized carbons (Fsp3) is 0.458. The number of nitrogens with one attached hydrogen (secondary N) is 2. The lowest BCUT2D eigenvalue weighted by atomic mass is 9.82. The predicted octanol–water partition coefficient (Wildman–Crippen LogP) is 1.88. The third-order valence-corrected chi connectivity index (χ3v) is 5.11. The Labute approximate surface area is 188 Å². The van der Waals surface area contributed by atoms with Crippen molar-refractivity contribution < 1.29 is 24.0 Å². The summed E-state index contributed by atoms with van der Waals surface area (Å²) < 4.78 is 0. The van der Waals surface area contributed by atoms with Gasteiger partial charge in [-0.15, -0.1) is 0 Å². The summed E-state index contributed by atoms with van der Waals surface area (Å²) in [5, 5.41) is 5.09. The van der Waals surface area contributed by atoms with Crippen molar-refractivity contribution in [3.63, 3.8) is 0 Å². The van der Waals surface area contributed by atoms with Crippen molar-refractivity contribution >= 4 is 29.4 Å². The van der Waals surface area contributed by atoms with Crippen LogP contribution in [-0.4, -0.2) is 53.9 Å². The molecule has 1 aliphatic heterocycles. The number of ketones is 1. The van der Waals surface area contributed by atoms with E-state index in [9.17, 15) is 24.0 Å². The Morgan fingerprint density at radius 3 is 2.12 bits per heavy atom. The molecule has 2 rings (SSSR count). The Balaban J connectivity index is 1.63. The highest BCUT2D eigenvalue weighted by atomic mass is 16.2. The number of nitrogens with zero attached hydrogens (tertiary/aromatic N) is 1. The van der Waals surface area contributed by atoms with E-state index in [4.69, 9.17) is 0 Å². The Kier molecular flexibility index (Phi) is 8.87. The van der Waals surface area contributed by atoms with Crippen molar-refractivity contribution in [1.82, 2.24) is 15.5 Å². The molecule has 1 aromatic rings. The summed E-state index contributed by atoms with van der Waals surface area (Å²) in [7, 11) is 0. The third kappa shape index (κ3) is 7.44. The molecule has 8 heteroatoms. The van der Waals surface area contributed by atoms with Crippen molar-refractivity contribution in [2.75, 3.05) is 19.6 Å². The molecule has 0 saturated carbocycles. The first-order chi connectivity index (χ1) is 15.1. The van der Waals surface area contributed by atoms with Crippen molar-refractivity contribution in [1.29, 1.82) is 0 Å². The van der Waals surface area contributed by atoms with Crippen molar-refractivity contribution in [3.8, 4) is 0 Å². The molecule has 0 bridgehead atoms. The minimum atomic E-state index is -0.432. The van der Waals surface area contributed by atoms with Crippen LogP contribution in [0.4, 0.5) is 0 Å². The van der Waals surface area contributed by atoms with Crippen LogP contribution in [-0.2, 0) is 24.6 Å². The van der Waals surface area contributed by atoms with E-state index in [0.717, 1.165) is 5.56 Å². The largest absolute Gasteiger partial charge is 0.347 e. The molecule has 1 aliphatic rings. The van der Waals surface area contributed by atoms with Gasteiger partial charge in [0.15, 0.2) is 5.78 Å². The third-order valence-electron chi connectivity index (χ3n) is 5.11. The van der Waals surface area contributed by atoms with Crippen LogP contribution in [0.2, 0.25) is 0 Å².